The first-order chi connectivity index (χ1) is 16.9. The van der Waals surface area contributed by atoms with Crippen molar-refractivity contribution in [2.45, 2.75) is 13.0 Å². The molecule has 0 unspecified atom stereocenters. The number of rotatable bonds is 10. The third-order valence-electron chi connectivity index (χ3n) is 4.59. The normalized spacial score (nSPS) is 10.6. The lowest BCUT2D eigenvalue weighted by Gasteiger charge is -2.12. The first-order valence-corrected chi connectivity index (χ1v) is 10.6. The molecule has 0 atom stereocenters. The maximum Gasteiger partial charge on any atom is 0.282 e. The summed E-state index contributed by atoms with van der Waals surface area (Å²) in [6.07, 6.45) is 0.592. The van der Waals surface area contributed by atoms with Gasteiger partial charge in [0.2, 0.25) is 11.8 Å². The van der Waals surface area contributed by atoms with E-state index in [1.54, 1.807) is 24.3 Å². The van der Waals surface area contributed by atoms with Crippen LogP contribution in [0.25, 0.3) is 0 Å². The Bertz CT molecular complexity index is 1230. The molecule has 0 aliphatic carbocycles. The third-order valence-corrected chi connectivity index (χ3v) is 4.84. The number of nitro groups is 1. The minimum atomic E-state index is -0.704. The van der Waals surface area contributed by atoms with Gasteiger partial charge < -0.3 is 14.8 Å². The van der Waals surface area contributed by atoms with Crippen molar-refractivity contribution in [1.29, 1.82) is 0 Å². The minimum absolute atomic E-state index is 0.0739. The number of nitrogens with zero attached hydrogens (tertiary/aromatic N) is 2. The summed E-state index contributed by atoms with van der Waals surface area (Å²) >= 11 is 5.79. The van der Waals surface area contributed by atoms with Crippen molar-refractivity contribution in [2.24, 2.45) is 5.10 Å². The summed E-state index contributed by atoms with van der Waals surface area (Å²) < 4.78 is 11.0. The first kappa shape index (κ1) is 25.2. The molecule has 0 saturated carbocycles. The fraction of sp³-hybridized carbons (Fsp3) is 0.125. The van der Waals surface area contributed by atoms with Crippen LogP contribution in [0.5, 0.6) is 11.5 Å². The Hall–Kier alpha value is -4.44. The van der Waals surface area contributed by atoms with Crippen LogP contribution in [0.2, 0.25) is 5.02 Å². The summed E-state index contributed by atoms with van der Waals surface area (Å²) in [4.78, 5) is 35.0. The van der Waals surface area contributed by atoms with E-state index in [1.165, 1.54) is 19.2 Å². The average Bonchev–Trinajstić information content (AvgIpc) is 2.84. The number of carbonyl (C=O) groups is 2. The molecule has 2 amide bonds. The summed E-state index contributed by atoms with van der Waals surface area (Å²) in [5, 5.41) is 18.4. The fourth-order valence-corrected chi connectivity index (χ4v) is 3.06. The number of methoxy groups -OCH3 is 1. The van der Waals surface area contributed by atoms with Crippen LogP contribution >= 0.6 is 11.6 Å². The van der Waals surface area contributed by atoms with Crippen molar-refractivity contribution in [2.75, 3.05) is 12.4 Å². The highest BCUT2D eigenvalue weighted by Gasteiger charge is 2.19. The number of amides is 2. The summed E-state index contributed by atoms with van der Waals surface area (Å²) in [6, 6.07) is 18.3. The summed E-state index contributed by atoms with van der Waals surface area (Å²) in [7, 11) is 1.40. The molecular formula is C24H21ClN4O6. The molecule has 35 heavy (non-hydrogen) atoms. The SMILES string of the molecule is COc1cc(C=NNC(=O)CC(=O)Nc2ccc(Cl)cc2)c([N+](=O)[O-])cc1OCc1ccccc1. The van der Waals surface area contributed by atoms with Gasteiger partial charge in [0, 0.05) is 10.7 Å². The van der Waals surface area contributed by atoms with E-state index in [0.717, 1.165) is 11.8 Å². The number of hydrogen-bond acceptors (Lipinski definition) is 7. The van der Waals surface area contributed by atoms with Gasteiger partial charge in [-0.1, -0.05) is 41.9 Å². The second kappa shape index (κ2) is 12.1. The van der Waals surface area contributed by atoms with E-state index in [1.807, 2.05) is 30.3 Å². The molecule has 0 spiro atoms. The number of ether oxygens (including phenoxy) is 2. The van der Waals surface area contributed by atoms with E-state index >= 15 is 0 Å². The zero-order valence-corrected chi connectivity index (χ0v) is 19.3. The van der Waals surface area contributed by atoms with Gasteiger partial charge in [-0.25, -0.2) is 5.43 Å². The lowest BCUT2D eigenvalue weighted by atomic mass is 10.1. The number of benzene rings is 3. The molecule has 0 heterocycles. The summed E-state index contributed by atoms with van der Waals surface area (Å²) in [5.41, 5.74) is 3.31. The van der Waals surface area contributed by atoms with E-state index in [2.05, 4.69) is 15.8 Å². The maximum atomic E-state index is 12.0. The Kier molecular flexibility index (Phi) is 8.74. The molecule has 0 aromatic heterocycles. The van der Waals surface area contributed by atoms with Gasteiger partial charge in [0.1, 0.15) is 13.0 Å². The van der Waals surface area contributed by atoms with Crippen molar-refractivity contribution in [1.82, 2.24) is 5.43 Å². The number of hydrogen-bond donors (Lipinski definition) is 2. The van der Waals surface area contributed by atoms with Crippen molar-refractivity contribution >= 4 is 41.0 Å². The lowest BCUT2D eigenvalue weighted by Crippen LogP contribution is -2.24. The van der Waals surface area contributed by atoms with Crippen molar-refractivity contribution in [3.8, 4) is 11.5 Å². The molecule has 0 bridgehead atoms. The highest BCUT2D eigenvalue weighted by atomic mass is 35.5. The van der Waals surface area contributed by atoms with Crippen molar-refractivity contribution in [3.63, 3.8) is 0 Å². The number of nitrogens with one attached hydrogen (secondary N) is 2. The van der Waals surface area contributed by atoms with Gasteiger partial charge in [0.15, 0.2) is 11.5 Å². The number of anilines is 1. The second-order valence-electron chi connectivity index (χ2n) is 7.12. The van der Waals surface area contributed by atoms with E-state index in [0.29, 0.717) is 10.7 Å². The smallest absolute Gasteiger partial charge is 0.282 e. The van der Waals surface area contributed by atoms with Crippen LogP contribution in [0.3, 0.4) is 0 Å². The topological polar surface area (TPSA) is 132 Å². The number of halogens is 1. The Morgan fingerprint density at radius 3 is 2.43 bits per heavy atom. The predicted octanol–water partition coefficient (Wildman–Crippen LogP) is 4.31. The Morgan fingerprint density at radius 1 is 1.06 bits per heavy atom. The Morgan fingerprint density at radius 2 is 1.77 bits per heavy atom. The van der Waals surface area contributed by atoms with Crippen LogP contribution in [-0.2, 0) is 16.2 Å². The van der Waals surface area contributed by atoms with Crippen molar-refractivity contribution < 1.29 is 24.0 Å². The maximum absolute atomic E-state index is 12.0. The van der Waals surface area contributed by atoms with E-state index in [9.17, 15) is 19.7 Å². The zero-order valence-electron chi connectivity index (χ0n) is 18.6. The van der Waals surface area contributed by atoms with Crippen LogP contribution in [0.15, 0.2) is 71.8 Å². The zero-order chi connectivity index (χ0) is 25.2. The van der Waals surface area contributed by atoms with Crippen molar-refractivity contribution in [3.05, 3.63) is 93.0 Å². The lowest BCUT2D eigenvalue weighted by molar-refractivity contribution is -0.385. The van der Waals surface area contributed by atoms with Crippen LogP contribution in [0.1, 0.15) is 17.5 Å². The fourth-order valence-electron chi connectivity index (χ4n) is 2.93. The average molecular weight is 497 g/mol. The van der Waals surface area contributed by atoms with Gasteiger partial charge in [-0.3, -0.25) is 19.7 Å². The first-order valence-electron chi connectivity index (χ1n) is 10.3. The largest absolute Gasteiger partial charge is 0.493 e. The third kappa shape index (κ3) is 7.54. The van der Waals surface area contributed by atoms with E-state index in [4.69, 9.17) is 21.1 Å². The van der Waals surface area contributed by atoms with Gasteiger partial charge in [-0.2, -0.15) is 5.10 Å². The number of carbonyl (C=O) groups excluding carboxylic acids is 2. The molecule has 0 fully saturated rings. The molecule has 3 rings (SSSR count). The molecule has 3 aromatic rings. The highest BCUT2D eigenvalue weighted by Crippen LogP contribution is 2.34. The van der Waals surface area contributed by atoms with Gasteiger partial charge in [-0.15, -0.1) is 0 Å². The molecule has 10 nitrogen and oxygen atoms in total. The molecule has 0 aliphatic heterocycles. The molecule has 0 saturated heterocycles. The van der Waals surface area contributed by atoms with Crippen LogP contribution in [0.4, 0.5) is 11.4 Å². The van der Waals surface area contributed by atoms with Gasteiger partial charge in [0.25, 0.3) is 5.69 Å². The van der Waals surface area contributed by atoms with Crippen LogP contribution in [0, 0.1) is 10.1 Å². The summed E-state index contributed by atoms with van der Waals surface area (Å²) in [5.74, 6) is -0.831. The summed E-state index contributed by atoms with van der Waals surface area (Å²) in [6.45, 7) is 0.190. The molecular weight excluding hydrogens is 476 g/mol. The molecule has 0 aliphatic rings. The van der Waals surface area contributed by atoms with Gasteiger partial charge in [-0.05, 0) is 35.9 Å². The number of nitro benzene ring substituents is 1. The monoisotopic (exact) mass is 496 g/mol. The number of hydrazone groups is 1. The Labute approximate surface area is 205 Å². The minimum Gasteiger partial charge on any atom is -0.493 e. The van der Waals surface area contributed by atoms with E-state index < -0.39 is 23.2 Å². The molecule has 180 valence electrons. The Balaban J connectivity index is 1.64. The standard InChI is InChI=1S/C24H21ClN4O6/c1-34-21-11-17(20(29(32)33)12-22(21)35-15-16-5-3-2-4-6-16)14-26-28-24(31)13-23(30)27-19-9-7-18(25)8-10-19/h2-12,14H,13,15H2,1H3,(H,27,30)(H,28,31). The van der Waals surface area contributed by atoms with Gasteiger partial charge in [0.05, 0.1) is 29.9 Å². The van der Waals surface area contributed by atoms with Crippen LogP contribution in [-0.4, -0.2) is 30.1 Å². The highest BCUT2D eigenvalue weighted by molar-refractivity contribution is 6.30. The predicted molar refractivity (Wildman–Crippen MR) is 131 cm³/mol. The molecule has 3 aromatic carbocycles. The van der Waals surface area contributed by atoms with Crippen LogP contribution < -0.4 is 20.2 Å². The quantitative estimate of drug-likeness (QED) is 0.186. The molecule has 2 N–H and O–H groups in total. The second-order valence-corrected chi connectivity index (χ2v) is 7.55. The van der Waals surface area contributed by atoms with E-state index in [-0.39, 0.29) is 29.4 Å². The molecule has 11 heteroatoms. The van der Waals surface area contributed by atoms with Gasteiger partial charge >= 0.3 is 0 Å². The molecule has 0 radical (unpaired) electrons.